The van der Waals surface area contributed by atoms with E-state index in [-0.39, 0.29) is 0 Å². The molecule has 0 aliphatic rings. The Morgan fingerprint density at radius 3 is 2.58 bits per heavy atom. The molecule has 7 heteroatoms. The van der Waals surface area contributed by atoms with Crippen LogP contribution >= 0.6 is 0 Å². The lowest BCUT2D eigenvalue weighted by atomic mass is 10.2. The Morgan fingerprint density at radius 1 is 1.12 bits per heavy atom. The number of rotatable bonds is 8. The van der Waals surface area contributed by atoms with Crippen molar-refractivity contribution in [3.8, 4) is 5.75 Å². The molecule has 0 aliphatic carbocycles. The molecule has 2 amide bonds. The molecular weight excluding hydrogens is 337 g/mol. The van der Waals surface area contributed by atoms with E-state index >= 15 is 0 Å². The Hall–Kier alpha value is -3.22. The number of nitrogens with zero attached hydrogens (tertiary/aromatic N) is 1. The van der Waals surface area contributed by atoms with Gasteiger partial charge in [-0.2, -0.15) is 5.10 Å². The number of amides is 2. The molecule has 0 aromatic heterocycles. The number of ether oxygens (including phenoxy) is 1. The van der Waals surface area contributed by atoms with Crippen LogP contribution in [0.1, 0.15) is 25.3 Å². The molecule has 0 bridgehead atoms. The molecule has 26 heavy (non-hydrogen) atoms. The largest absolute Gasteiger partial charge is 0.493 e. The van der Waals surface area contributed by atoms with Gasteiger partial charge in [-0.3, -0.25) is 9.59 Å². The van der Waals surface area contributed by atoms with Crippen LogP contribution in [-0.2, 0) is 9.59 Å². The summed E-state index contributed by atoms with van der Waals surface area (Å²) in [6, 6.07) is 12.6. The Bertz CT molecular complexity index is 776. The molecule has 0 radical (unpaired) electrons. The predicted molar refractivity (Wildman–Crippen MR) is 97.6 cm³/mol. The number of hydrogen-bond acceptors (Lipinski definition) is 4. The maximum Gasteiger partial charge on any atom is 0.249 e. The van der Waals surface area contributed by atoms with E-state index in [9.17, 15) is 14.0 Å². The second-order valence-corrected chi connectivity index (χ2v) is 5.41. The van der Waals surface area contributed by atoms with Crippen LogP contribution in [0.25, 0.3) is 0 Å². The molecule has 0 spiro atoms. The minimum atomic E-state index is -0.562. The highest BCUT2D eigenvalue weighted by Crippen LogP contribution is 2.15. The van der Waals surface area contributed by atoms with Crippen molar-refractivity contribution in [2.24, 2.45) is 5.10 Å². The molecule has 2 rings (SSSR count). The van der Waals surface area contributed by atoms with Crippen LogP contribution < -0.4 is 15.5 Å². The van der Waals surface area contributed by atoms with Gasteiger partial charge in [-0.05, 0) is 42.8 Å². The molecule has 0 atom stereocenters. The molecule has 0 heterocycles. The van der Waals surface area contributed by atoms with Crippen LogP contribution in [0.4, 0.5) is 10.1 Å². The van der Waals surface area contributed by atoms with Crippen LogP contribution in [0.15, 0.2) is 53.6 Å². The van der Waals surface area contributed by atoms with E-state index in [1.807, 2.05) is 31.2 Å². The quantitative estimate of drug-likeness (QED) is 0.433. The lowest BCUT2D eigenvalue weighted by Gasteiger charge is -2.07. The van der Waals surface area contributed by atoms with Crippen molar-refractivity contribution in [3.63, 3.8) is 0 Å². The van der Waals surface area contributed by atoms with Crippen molar-refractivity contribution in [1.29, 1.82) is 0 Å². The van der Waals surface area contributed by atoms with Crippen LogP contribution in [-0.4, -0.2) is 24.6 Å². The molecule has 6 nitrogen and oxygen atoms in total. The molecule has 0 saturated carbocycles. The maximum atomic E-state index is 12.8. The average Bonchev–Trinajstić information content (AvgIpc) is 2.62. The van der Waals surface area contributed by atoms with Gasteiger partial charge in [-0.25, -0.2) is 9.82 Å². The Balaban J connectivity index is 1.83. The molecular formula is C19H20FN3O3. The van der Waals surface area contributed by atoms with Gasteiger partial charge >= 0.3 is 0 Å². The van der Waals surface area contributed by atoms with Crippen molar-refractivity contribution in [1.82, 2.24) is 5.43 Å². The van der Waals surface area contributed by atoms with E-state index in [0.29, 0.717) is 18.0 Å². The van der Waals surface area contributed by atoms with E-state index in [2.05, 4.69) is 15.8 Å². The summed E-state index contributed by atoms with van der Waals surface area (Å²) in [6.07, 6.45) is 1.94. The lowest BCUT2D eigenvalue weighted by molar-refractivity contribution is -0.126. The van der Waals surface area contributed by atoms with Gasteiger partial charge in [0, 0.05) is 11.3 Å². The van der Waals surface area contributed by atoms with Crippen molar-refractivity contribution in [2.75, 3.05) is 11.9 Å². The third-order valence-corrected chi connectivity index (χ3v) is 3.22. The molecule has 0 saturated heterocycles. The Morgan fingerprint density at radius 2 is 1.85 bits per heavy atom. The number of benzene rings is 2. The fraction of sp³-hybridized carbons (Fsp3) is 0.211. The van der Waals surface area contributed by atoms with Gasteiger partial charge in [0.1, 0.15) is 18.0 Å². The summed E-state index contributed by atoms with van der Waals surface area (Å²) in [5.41, 5.74) is 3.43. The molecule has 0 fully saturated rings. The highest BCUT2D eigenvalue weighted by Gasteiger charge is 2.09. The third-order valence-electron chi connectivity index (χ3n) is 3.22. The molecule has 136 valence electrons. The van der Waals surface area contributed by atoms with Gasteiger partial charge in [-0.1, -0.05) is 19.1 Å². The summed E-state index contributed by atoms with van der Waals surface area (Å²) in [6.45, 7) is 2.59. The van der Waals surface area contributed by atoms with Crippen LogP contribution in [0, 0.1) is 5.82 Å². The summed E-state index contributed by atoms with van der Waals surface area (Å²) < 4.78 is 18.4. The first kappa shape index (κ1) is 19.1. The van der Waals surface area contributed by atoms with Crippen LogP contribution in [0.5, 0.6) is 5.75 Å². The van der Waals surface area contributed by atoms with Gasteiger partial charge in [0.05, 0.1) is 12.8 Å². The highest BCUT2D eigenvalue weighted by molar-refractivity contribution is 6.03. The number of nitrogens with one attached hydrogen (secondary N) is 2. The van der Waals surface area contributed by atoms with E-state index in [4.69, 9.17) is 4.74 Å². The summed E-state index contributed by atoms with van der Waals surface area (Å²) in [5, 5.41) is 6.35. The van der Waals surface area contributed by atoms with E-state index < -0.39 is 24.1 Å². The zero-order valence-electron chi connectivity index (χ0n) is 14.4. The molecule has 0 unspecified atom stereocenters. The first-order valence-electron chi connectivity index (χ1n) is 8.17. The number of carbonyl (C=O) groups excluding carboxylic acids is 2. The fourth-order valence-electron chi connectivity index (χ4n) is 2.03. The number of halogens is 1. The number of para-hydroxylation sites is 1. The molecule has 2 aromatic carbocycles. The first-order chi connectivity index (χ1) is 12.6. The van der Waals surface area contributed by atoms with E-state index in [1.165, 1.54) is 30.5 Å². The third kappa shape index (κ3) is 6.35. The lowest BCUT2D eigenvalue weighted by Crippen LogP contribution is -2.24. The summed E-state index contributed by atoms with van der Waals surface area (Å²) >= 11 is 0. The summed E-state index contributed by atoms with van der Waals surface area (Å²) in [7, 11) is 0. The second-order valence-electron chi connectivity index (χ2n) is 5.41. The van der Waals surface area contributed by atoms with Crippen molar-refractivity contribution >= 4 is 23.7 Å². The normalized spacial score (nSPS) is 10.5. The SMILES string of the molecule is CCCOc1ccccc1C=NNC(=O)CC(=O)Nc1ccc(F)cc1. The summed E-state index contributed by atoms with van der Waals surface area (Å²) in [5.74, 6) is -0.816. The average molecular weight is 357 g/mol. The van der Waals surface area contributed by atoms with Gasteiger partial charge in [0.25, 0.3) is 0 Å². The van der Waals surface area contributed by atoms with Crippen molar-refractivity contribution in [3.05, 3.63) is 59.9 Å². The molecule has 0 aliphatic heterocycles. The second kappa shape index (κ2) is 9.93. The number of anilines is 1. The summed E-state index contributed by atoms with van der Waals surface area (Å²) in [4.78, 5) is 23.5. The van der Waals surface area contributed by atoms with Gasteiger partial charge < -0.3 is 10.1 Å². The molecule has 2 N–H and O–H groups in total. The van der Waals surface area contributed by atoms with Gasteiger partial charge in [0.15, 0.2) is 0 Å². The van der Waals surface area contributed by atoms with E-state index in [0.717, 1.165) is 12.0 Å². The number of hydrogen-bond donors (Lipinski definition) is 2. The fourth-order valence-corrected chi connectivity index (χ4v) is 2.03. The maximum absolute atomic E-state index is 12.8. The number of carbonyl (C=O) groups is 2. The monoisotopic (exact) mass is 357 g/mol. The van der Waals surface area contributed by atoms with Gasteiger partial charge in [-0.15, -0.1) is 0 Å². The minimum Gasteiger partial charge on any atom is -0.493 e. The first-order valence-corrected chi connectivity index (χ1v) is 8.17. The zero-order chi connectivity index (χ0) is 18.8. The van der Waals surface area contributed by atoms with Crippen molar-refractivity contribution < 1.29 is 18.7 Å². The van der Waals surface area contributed by atoms with Crippen LogP contribution in [0.3, 0.4) is 0 Å². The predicted octanol–water partition coefficient (Wildman–Crippen LogP) is 3.09. The number of hydrazone groups is 1. The van der Waals surface area contributed by atoms with Crippen molar-refractivity contribution in [2.45, 2.75) is 19.8 Å². The van der Waals surface area contributed by atoms with E-state index in [1.54, 1.807) is 0 Å². The highest BCUT2D eigenvalue weighted by atomic mass is 19.1. The van der Waals surface area contributed by atoms with Crippen LogP contribution in [0.2, 0.25) is 0 Å². The standard InChI is InChI=1S/C19H20FN3O3/c1-2-11-26-17-6-4-3-5-14(17)13-21-23-19(25)12-18(24)22-16-9-7-15(20)8-10-16/h3-10,13H,2,11-12H2,1H3,(H,22,24)(H,23,25). The Labute approximate surface area is 151 Å². The minimum absolute atomic E-state index is 0.400. The topological polar surface area (TPSA) is 79.8 Å². The zero-order valence-corrected chi connectivity index (χ0v) is 14.4. The molecule has 2 aromatic rings. The smallest absolute Gasteiger partial charge is 0.249 e. The Kier molecular flexibility index (Phi) is 7.30. The van der Waals surface area contributed by atoms with Gasteiger partial charge in [0.2, 0.25) is 11.8 Å².